The summed E-state index contributed by atoms with van der Waals surface area (Å²) in [7, 11) is 0. The Morgan fingerprint density at radius 1 is 1.12 bits per heavy atom. The van der Waals surface area contributed by atoms with E-state index in [2.05, 4.69) is 24.4 Å². The number of aryl methyl sites for hydroxylation is 1. The molecule has 3 rings (SSSR count). The number of hydrogen-bond donors (Lipinski definition) is 1. The summed E-state index contributed by atoms with van der Waals surface area (Å²) >= 11 is 0. The minimum Gasteiger partial charge on any atom is -0.489 e. The van der Waals surface area contributed by atoms with Crippen LogP contribution in [0.15, 0.2) is 48.5 Å². The molecule has 1 amide bonds. The molecule has 1 heterocycles. The van der Waals surface area contributed by atoms with E-state index in [1.54, 1.807) is 0 Å². The van der Waals surface area contributed by atoms with Crippen molar-refractivity contribution in [1.29, 1.82) is 0 Å². The second kappa shape index (κ2) is 8.71. The van der Waals surface area contributed by atoms with Crippen molar-refractivity contribution in [1.82, 2.24) is 10.2 Å². The fraction of sp³-hybridized carbons (Fsp3) is 0.316. The molecule has 4 nitrogen and oxygen atoms in total. The van der Waals surface area contributed by atoms with Crippen molar-refractivity contribution in [2.45, 2.75) is 13.5 Å². The Balaban J connectivity index is 0.00000208. The van der Waals surface area contributed by atoms with Gasteiger partial charge in [0.05, 0.1) is 0 Å². The summed E-state index contributed by atoms with van der Waals surface area (Å²) in [5.41, 5.74) is 3.03. The molecule has 5 heteroatoms. The number of benzene rings is 2. The highest BCUT2D eigenvalue weighted by Gasteiger charge is 2.18. The summed E-state index contributed by atoms with van der Waals surface area (Å²) in [6.07, 6.45) is 0. The fourth-order valence-electron chi connectivity index (χ4n) is 2.74. The topological polar surface area (TPSA) is 41.6 Å². The lowest BCUT2D eigenvalue weighted by molar-refractivity contribution is 0.0735. The summed E-state index contributed by atoms with van der Waals surface area (Å²) in [5, 5.41) is 3.26. The third kappa shape index (κ3) is 4.73. The average molecular weight is 347 g/mol. The van der Waals surface area contributed by atoms with Crippen molar-refractivity contribution in [2.75, 3.05) is 26.2 Å². The highest BCUT2D eigenvalue weighted by atomic mass is 35.5. The lowest BCUT2D eigenvalue weighted by Gasteiger charge is -2.27. The van der Waals surface area contributed by atoms with E-state index < -0.39 is 0 Å². The Morgan fingerprint density at radius 2 is 1.88 bits per heavy atom. The molecule has 0 unspecified atom stereocenters. The van der Waals surface area contributed by atoms with Crippen LogP contribution in [0.1, 0.15) is 21.5 Å². The van der Waals surface area contributed by atoms with Crippen molar-refractivity contribution >= 4 is 18.3 Å². The number of halogens is 1. The van der Waals surface area contributed by atoms with Gasteiger partial charge in [0.1, 0.15) is 12.4 Å². The van der Waals surface area contributed by atoms with Crippen LogP contribution >= 0.6 is 12.4 Å². The summed E-state index contributed by atoms with van der Waals surface area (Å²) in [4.78, 5) is 14.4. The molecule has 0 spiro atoms. The normalized spacial score (nSPS) is 14.0. The standard InChI is InChI=1S/C19H22N2O2.ClH/c1-15-4-2-5-16(12-15)14-23-18-7-3-6-17(13-18)19(22)21-10-8-20-9-11-21;/h2-7,12-13,20H,8-11,14H2,1H3;1H. The van der Waals surface area contributed by atoms with Gasteiger partial charge in [-0.25, -0.2) is 0 Å². The predicted octanol–water partition coefficient (Wildman–Crippen LogP) is 3.04. The first-order valence-electron chi connectivity index (χ1n) is 8.01. The molecular formula is C19H23ClN2O2. The molecule has 0 saturated carbocycles. The van der Waals surface area contributed by atoms with Crippen LogP contribution in [0.4, 0.5) is 0 Å². The van der Waals surface area contributed by atoms with Crippen LogP contribution in [-0.4, -0.2) is 37.0 Å². The number of amides is 1. The first-order valence-corrected chi connectivity index (χ1v) is 8.01. The van der Waals surface area contributed by atoms with Gasteiger partial charge in [-0.15, -0.1) is 12.4 Å². The maximum absolute atomic E-state index is 12.5. The SMILES string of the molecule is Cc1cccc(COc2cccc(C(=O)N3CCNCC3)c2)c1.Cl. The Labute approximate surface area is 149 Å². The molecule has 0 aliphatic carbocycles. The Hall–Kier alpha value is -2.04. The number of carbonyl (C=O) groups is 1. The number of hydrogen-bond acceptors (Lipinski definition) is 3. The maximum atomic E-state index is 12.5. The van der Waals surface area contributed by atoms with Gasteiger partial charge < -0.3 is 15.0 Å². The number of nitrogens with one attached hydrogen (secondary N) is 1. The van der Waals surface area contributed by atoms with Crippen LogP contribution in [0.2, 0.25) is 0 Å². The lowest BCUT2D eigenvalue weighted by Crippen LogP contribution is -2.46. The molecule has 2 aromatic carbocycles. The van der Waals surface area contributed by atoms with E-state index in [1.807, 2.05) is 41.3 Å². The fourth-order valence-corrected chi connectivity index (χ4v) is 2.74. The van der Waals surface area contributed by atoms with Gasteiger partial charge in [-0.3, -0.25) is 4.79 Å². The van der Waals surface area contributed by atoms with Gasteiger partial charge in [0.2, 0.25) is 0 Å². The van der Waals surface area contributed by atoms with E-state index >= 15 is 0 Å². The van der Waals surface area contributed by atoms with Crippen molar-refractivity contribution in [3.05, 3.63) is 65.2 Å². The molecule has 1 aliphatic heterocycles. The second-order valence-corrected chi connectivity index (χ2v) is 5.85. The van der Waals surface area contributed by atoms with Crippen LogP contribution < -0.4 is 10.1 Å². The lowest BCUT2D eigenvalue weighted by atomic mass is 10.1. The van der Waals surface area contributed by atoms with E-state index in [0.29, 0.717) is 12.2 Å². The molecule has 0 aromatic heterocycles. The zero-order valence-corrected chi connectivity index (χ0v) is 14.6. The molecule has 1 aliphatic rings. The van der Waals surface area contributed by atoms with Crippen LogP contribution in [0, 0.1) is 6.92 Å². The number of carbonyl (C=O) groups excluding carboxylic acids is 1. The molecule has 1 fully saturated rings. The van der Waals surface area contributed by atoms with Gasteiger partial charge in [0.25, 0.3) is 5.91 Å². The average Bonchev–Trinajstić information content (AvgIpc) is 2.60. The largest absolute Gasteiger partial charge is 0.489 e. The van der Waals surface area contributed by atoms with Gasteiger partial charge in [0, 0.05) is 31.7 Å². The van der Waals surface area contributed by atoms with Gasteiger partial charge in [0.15, 0.2) is 0 Å². The first-order chi connectivity index (χ1) is 11.2. The smallest absolute Gasteiger partial charge is 0.254 e. The molecular weight excluding hydrogens is 324 g/mol. The second-order valence-electron chi connectivity index (χ2n) is 5.85. The molecule has 0 radical (unpaired) electrons. The molecule has 1 saturated heterocycles. The van der Waals surface area contributed by atoms with Crippen LogP contribution in [0.3, 0.4) is 0 Å². The van der Waals surface area contributed by atoms with Crippen molar-refractivity contribution in [3.63, 3.8) is 0 Å². The summed E-state index contributed by atoms with van der Waals surface area (Å²) < 4.78 is 5.84. The number of piperazine rings is 1. The van der Waals surface area contributed by atoms with Gasteiger partial charge in [-0.05, 0) is 30.7 Å². The third-order valence-electron chi connectivity index (χ3n) is 3.97. The summed E-state index contributed by atoms with van der Waals surface area (Å²) in [5.74, 6) is 0.806. The number of nitrogens with zero attached hydrogens (tertiary/aromatic N) is 1. The minimum atomic E-state index is 0. The quantitative estimate of drug-likeness (QED) is 0.925. The van der Waals surface area contributed by atoms with Crippen LogP contribution in [0.5, 0.6) is 5.75 Å². The van der Waals surface area contributed by atoms with E-state index in [0.717, 1.165) is 37.5 Å². The van der Waals surface area contributed by atoms with Crippen LogP contribution in [-0.2, 0) is 6.61 Å². The monoisotopic (exact) mass is 346 g/mol. The highest BCUT2D eigenvalue weighted by molar-refractivity contribution is 5.94. The zero-order chi connectivity index (χ0) is 16.1. The molecule has 1 N–H and O–H groups in total. The van der Waals surface area contributed by atoms with E-state index in [4.69, 9.17) is 4.74 Å². The summed E-state index contributed by atoms with van der Waals surface area (Å²) in [6, 6.07) is 15.7. The zero-order valence-electron chi connectivity index (χ0n) is 13.8. The number of ether oxygens (including phenoxy) is 1. The maximum Gasteiger partial charge on any atom is 0.254 e. The Kier molecular flexibility index (Phi) is 6.64. The van der Waals surface area contributed by atoms with Gasteiger partial charge in [-0.2, -0.15) is 0 Å². The first kappa shape index (κ1) is 18.3. The Bertz CT molecular complexity index is 685. The van der Waals surface area contributed by atoms with Crippen LogP contribution in [0.25, 0.3) is 0 Å². The third-order valence-corrected chi connectivity index (χ3v) is 3.97. The minimum absolute atomic E-state index is 0. The van der Waals surface area contributed by atoms with Crippen molar-refractivity contribution < 1.29 is 9.53 Å². The van der Waals surface area contributed by atoms with Crippen molar-refractivity contribution in [2.24, 2.45) is 0 Å². The predicted molar refractivity (Wildman–Crippen MR) is 98.0 cm³/mol. The molecule has 0 bridgehead atoms. The van der Waals surface area contributed by atoms with Crippen molar-refractivity contribution in [3.8, 4) is 5.75 Å². The highest BCUT2D eigenvalue weighted by Crippen LogP contribution is 2.17. The molecule has 128 valence electrons. The number of rotatable bonds is 4. The molecule has 2 aromatic rings. The molecule has 24 heavy (non-hydrogen) atoms. The van der Waals surface area contributed by atoms with Gasteiger partial charge in [-0.1, -0.05) is 35.9 Å². The van der Waals surface area contributed by atoms with Gasteiger partial charge >= 0.3 is 0 Å². The Morgan fingerprint density at radius 3 is 2.62 bits per heavy atom. The van der Waals surface area contributed by atoms with E-state index in [-0.39, 0.29) is 18.3 Å². The van der Waals surface area contributed by atoms with E-state index in [9.17, 15) is 4.79 Å². The molecule has 0 atom stereocenters. The summed E-state index contributed by atoms with van der Waals surface area (Å²) in [6.45, 7) is 5.80. The van der Waals surface area contributed by atoms with E-state index in [1.165, 1.54) is 5.56 Å².